The number of pyridine rings is 1. The molecule has 7 heteroatoms. The van der Waals surface area contributed by atoms with Crippen molar-refractivity contribution in [3.05, 3.63) is 29.1 Å². The van der Waals surface area contributed by atoms with Crippen LogP contribution in [-0.2, 0) is 16.4 Å². The van der Waals surface area contributed by atoms with E-state index in [1.165, 1.54) is 13.8 Å². The van der Waals surface area contributed by atoms with Crippen LogP contribution in [0.1, 0.15) is 35.6 Å². The number of amides is 2. The Morgan fingerprint density at radius 2 is 1.83 bits per heavy atom. The molecule has 0 spiro atoms. The fraction of sp³-hybridized carbons (Fsp3) is 0.364. The van der Waals surface area contributed by atoms with Gasteiger partial charge in [0.2, 0.25) is 5.91 Å². The van der Waals surface area contributed by atoms with Gasteiger partial charge in [-0.1, -0.05) is 0 Å². The summed E-state index contributed by atoms with van der Waals surface area (Å²) in [5.74, 6) is -1.39. The van der Waals surface area contributed by atoms with Crippen molar-refractivity contribution in [3.63, 3.8) is 0 Å². The molecule has 0 aromatic carbocycles. The number of aromatic nitrogens is 1. The molecule has 0 saturated heterocycles. The summed E-state index contributed by atoms with van der Waals surface area (Å²) in [4.78, 5) is 26.5. The van der Waals surface area contributed by atoms with Crippen LogP contribution >= 0.6 is 0 Å². The molecule has 4 nitrogen and oxygen atoms in total. The third-order valence-corrected chi connectivity index (χ3v) is 2.82. The molecule has 1 aliphatic heterocycles. The topological polar surface area (TPSA) is 59.1 Å². The largest absolute Gasteiger partial charge is 0.433 e. The van der Waals surface area contributed by atoms with Crippen molar-refractivity contribution < 1.29 is 22.8 Å². The van der Waals surface area contributed by atoms with E-state index in [0.29, 0.717) is 0 Å². The lowest BCUT2D eigenvalue weighted by Crippen LogP contribution is -2.49. The molecule has 18 heavy (non-hydrogen) atoms. The number of hydrogen-bond acceptors (Lipinski definition) is 3. The van der Waals surface area contributed by atoms with Gasteiger partial charge in [0.25, 0.3) is 5.91 Å². The van der Waals surface area contributed by atoms with Crippen LogP contribution in [0, 0.1) is 0 Å². The van der Waals surface area contributed by atoms with E-state index in [2.05, 4.69) is 10.3 Å². The molecule has 96 valence electrons. The van der Waals surface area contributed by atoms with E-state index in [0.717, 1.165) is 12.1 Å². The van der Waals surface area contributed by atoms with E-state index >= 15 is 0 Å². The number of rotatable bonds is 0. The van der Waals surface area contributed by atoms with E-state index in [1.54, 1.807) is 0 Å². The number of carbonyl (C=O) groups excluding carboxylic acids is 2. The van der Waals surface area contributed by atoms with Gasteiger partial charge in [-0.25, -0.2) is 4.98 Å². The van der Waals surface area contributed by atoms with Crippen LogP contribution in [0.4, 0.5) is 13.2 Å². The number of fused-ring (bicyclic) bond motifs is 1. The van der Waals surface area contributed by atoms with E-state index < -0.39 is 29.1 Å². The number of alkyl halides is 3. The summed E-state index contributed by atoms with van der Waals surface area (Å²) in [6, 6.07) is 1.76. The third-order valence-electron chi connectivity index (χ3n) is 2.82. The fourth-order valence-corrected chi connectivity index (χ4v) is 1.71. The summed E-state index contributed by atoms with van der Waals surface area (Å²) in [5, 5.41) is 2.08. The minimum atomic E-state index is -4.61. The van der Waals surface area contributed by atoms with Crippen LogP contribution in [0.15, 0.2) is 12.1 Å². The predicted octanol–water partition coefficient (Wildman–Crippen LogP) is 1.65. The van der Waals surface area contributed by atoms with Gasteiger partial charge in [-0.3, -0.25) is 14.9 Å². The molecule has 0 fully saturated rings. The van der Waals surface area contributed by atoms with Crippen molar-refractivity contribution in [3.8, 4) is 0 Å². The number of nitrogens with one attached hydrogen (secondary N) is 1. The molecular formula is C11H9F3N2O2. The van der Waals surface area contributed by atoms with Crippen LogP contribution in [0.5, 0.6) is 0 Å². The summed E-state index contributed by atoms with van der Waals surface area (Å²) in [6.45, 7) is 2.83. The molecule has 0 saturated carbocycles. The van der Waals surface area contributed by atoms with E-state index in [4.69, 9.17) is 0 Å². The highest BCUT2D eigenvalue weighted by Crippen LogP contribution is 2.33. The van der Waals surface area contributed by atoms with Crippen LogP contribution in [0.2, 0.25) is 0 Å². The Labute approximate surface area is 100 Å². The third kappa shape index (κ3) is 1.75. The van der Waals surface area contributed by atoms with Gasteiger partial charge < -0.3 is 0 Å². The molecule has 1 aliphatic rings. The average Bonchev–Trinajstić information content (AvgIpc) is 2.25. The lowest BCUT2D eigenvalue weighted by atomic mass is 9.82. The first kappa shape index (κ1) is 12.5. The van der Waals surface area contributed by atoms with Crippen LogP contribution in [0.3, 0.4) is 0 Å². The second-order valence-corrected chi connectivity index (χ2v) is 4.50. The Balaban J connectivity index is 2.67. The lowest BCUT2D eigenvalue weighted by Gasteiger charge is -2.29. The zero-order valence-corrected chi connectivity index (χ0v) is 9.55. The summed E-state index contributed by atoms with van der Waals surface area (Å²) >= 11 is 0. The monoisotopic (exact) mass is 258 g/mol. The van der Waals surface area contributed by atoms with Crippen molar-refractivity contribution in [1.29, 1.82) is 0 Å². The maximum Gasteiger partial charge on any atom is 0.433 e. The van der Waals surface area contributed by atoms with Crippen molar-refractivity contribution in [1.82, 2.24) is 10.3 Å². The summed E-state index contributed by atoms with van der Waals surface area (Å²) in [5.41, 5.74) is -2.54. The van der Waals surface area contributed by atoms with E-state index in [1.807, 2.05) is 0 Å². The average molecular weight is 258 g/mol. The SMILES string of the molecule is CC1(C)C(=O)NC(=O)c2ccc(C(F)(F)F)nc21. The van der Waals surface area contributed by atoms with Crippen LogP contribution in [0.25, 0.3) is 0 Å². The van der Waals surface area contributed by atoms with Crippen molar-refractivity contribution in [2.24, 2.45) is 0 Å². The summed E-state index contributed by atoms with van der Waals surface area (Å²) in [6.07, 6.45) is -4.61. The number of halogens is 3. The first-order valence-corrected chi connectivity index (χ1v) is 5.08. The molecule has 0 unspecified atom stereocenters. The molecule has 2 amide bonds. The lowest BCUT2D eigenvalue weighted by molar-refractivity contribution is -0.141. The summed E-state index contributed by atoms with van der Waals surface area (Å²) < 4.78 is 37.7. The first-order chi connectivity index (χ1) is 8.14. The van der Waals surface area contributed by atoms with Gasteiger partial charge in [0.05, 0.1) is 16.7 Å². The zero-order valence-electron chi connectivity index (χ0n) is 9.55. The Hall–Kier alpha value is -1.92. The van der Waals surface area contributed by atoms with Gasteiger partial charge >= 0.3 is 6.18 Å². The highest BCUT2D eigenvalue weighted by Gasteiger charge is 2.43. The van der Waals surface area contributed by atoms with Crippen molar-refractivity contribution >= 4 is 11.8 Å². The Morgan fingerprint density at radius 1 is 1.22 bits per heavy atom. The predicted molar refractivity (Wildman–Crippen MR) is 54.7 cm³/mol. The molecule has 1 aromatic rings. The van der Waals surface area contributed by atoms with Crippen LogP contribution in [-0.4, -0.2) is 16.8 Å². The van der Waals surface area contributed by atoms with Gasteiger partial charge in [0, 0.05) is 0 Å². The Morgan fingerprint density at radius 3 is 2.39 bits per heavy atom. The highest BCUT2D eigenvalue weighted by atomic mass is 19.4. The minimum absolute atomic E-state index is 0.00685. The van der Waals surface area contributed by atoms with Crippen molar-refractivity contribution in [2.75, 3.05) is 0 Å². The smallest absolute Gasteiger partial charge is 0.291 e. The molecule has 1 N–H and O–H groups in total. The quantitative estimate of drug-likeness (QED) is 0.720. The molecule has 1 aromatic heterocycles. The number of hydrogen-bond donors (Lipinski definition) is 1. The molecule has 0 atom stereocenters. The second kappa shape index (κ2) is 3.54. The van der Waals surface area contributed by atoms with Gasteiger partial charge in [0.15, 0.2) is 0 Å². The highest BCUT2D eigenvalue weighted by molar-refractivity contribution is 6.12. The molecular weight excluding hydrogens is 249 g/mol. The normalized spacial score (nSPS) is 18.3. The van der Waals surface area contributed by atoms with E-state index in [9.17, 15) is 22.8 Å². The van der Waals surface area contributed by atoms with Gasteiger partial charge in [-0.15, -0.1) is 0 Å². The molecule has 0 aliphatic carbocycles. The molecule has 2 rings (SSSR count). The number of nitrogens with zero attached hydrogens (tertiary/aromatic N) is 1. The van der Waals surface area contributed by atoms with Gasteiger partial charge in [-0.2, -0.15) is 13.2 Å². The second-order valence-electron chi connectivity index (χ2n) is 4.50. The maximum absolute atomic E-state index is 12.6. The summed E-state index contributed by atoms with van der Waals surface area (Å²) in [7, 11) is 0. The zero-order chi connectivity index (χ0) is 13.7. The first-order valence-electron chi connectivity index (χ1n) is 5.08. The molecule has 2 heterocycles. The minimum Gasteiger partial charge on any atom is -0.291 e. The standard InChI is InChI=1S/C11H9F3N2O2/c1-10(2)7-5(8(17)16-9(10)18)3-4-6(15-7)11(12,13)14/h3-4H,1-2H3,(H,16,17,18). The Bertz CT molecular complexity index is 550. The fourth-order valence-electron chi connectivity index (χ4n) is 1.71. The van der Waals surface area contributed by atoms with Gasteiger partial charge in [-0.05, 0) is 26.0 Å². The van der Waals surface area contributed by atoms with Gasteiger partial charge in [0.1, 0.15) is 5.69 Å². The van der Waals surface area contributed by atoms with E-state index in [-0.39, 0.29) is 11.3 Å². The van der Waals surface area contributed by atoms with Crippen LogP contribution < -0.4 is 5.32 Å². The number of carbonyl (C=O) groups is 2. The van der Waals surface area contributed by atoms with Crippen molar-refractivity contribution in [2.45, 2.75) is 25.4 Å². The molecule has 0 radical (unpaired) electrons. The maximum atomic E-state index is 12.6. The molecule has 0 bridgehead atoms. The number of imide groups is 1. The Kier molecular flexibility index (Phi) is 2.46.